The number of nitrogens with zero attached hydrogens (tertiary/aromatic N) is 1. The second-order valence-electron chi connectivity index (χ2n) is 4.77. The van der Waals surface area contributed by atoms with Crippen LogP contribution in [-0.2, 0) is 9.53 Å². The molecule has 1 rings (SSSR count). The minimum absolute atomic E-state index is 0.140. The van der Waals surface area contributed by atoms with Gasteiger partial charge in [-0.1, -0.05) is 0 Å². The van der Waals surface area contributed by atoms with Crippen LogP contribution in [0.25, 0.3) is 0 Å². The maximum atomic E-state index is 11.1. The predicted molar refractivity (Wildman–Crippen MR) is 57.9 cm³/mol. The van der Waals surface area contributed by atoms with Crippen molar-refractivity contribution in [2.24, 2.45) is 5.41 Å². The van der Waals surface area contributed by atoms with Gasteiger partial charge >= 0.3 is 5.97 Å². The number of methoxy groups -OCH3 is 1. The molecule has 0 spiro atoms. The topological polar surface area (TPSA) is 49.8 Å². The third-order valence-corrected chi connectivity index (χ3v) is 3.65. The molecule has 1 heterocycles. The number of likely N-dealkylation sites (tertiary alicyclic amines) is 1. The lowest BCUT2D eigenvalue weighted by molar-refractivity contribution is -0.147. The van der Waals surface area contributed by atoms with Crippen molar-refractivity contribution in [2.75, 3.05) is 20.2 Å². The maximum absolute atomic E-state index is 11.1. The lowest BCUT2D eigenvalue weighted by atomic mass is 9.90. The monoisotopic (exact) mass is 215 g/mol. The number of aliphatic carboxylic acids is 1. The molecule has 0 aromatic carbocycles. The van der Waals surface area contributed by atoms with Gasteiger partial charge in [0.1, 0.15) is 0 Å². The Balaban J connectivity index is 2.60. The number of hydrogen-bond acceptors (Lipinski definition) is 3. The normalized spacial score (nSPS) is 31.5. The number of ether oxygens (including phenoxy) is 1. The second kappa shape index (κ2) is 4.49. The average Bonchev–Trinajstić information content (AvgIpc) is 2.60. The van der Waals surface area contributed by atoms with E-state index in [9.17, 15) is 4.79 Å². The number of carboxylic acids is 1. The van der Waals surface area contributed by atoms with Gasteiger partial charge in [-0.25, -0.2) is 0 Å². The molecule has 0 bridgehead atoms. The molecule has 0 radical (unpaired) electrons. The Morgan fingerprint density at radius 2 is 2.13 bits per heavy atom. The molecule has 15 heavy (non-hydrogen) atoms. The summed E-state index contributed by atoms with van der Waals surface area (Å²) < 4.78 is 5.26. The van der Waals surface area contributed by atoms with Crippen LogP contribution in [0, 0.1) is 5.41 Å². The highest BCUT2D eigenvalue weighted by Gasteiger charge is 2.42. The second-order valence-corrected chi connectivity index (χ2v) is 4.77. The molecule has 0 amide bonds. The van der Waals surface area contributed by atoms with E-state index >= 15 is 0 Å². The van der Waals surface area contributed by atoms with Gasteiger partial charge in [-0.3, -0.25) is 9.69 Å². The molecule has 1 N–H and O–H groups in total. The average molecular weight is 215 g/mol. The number of carbonyl (C=O) groups is 1. The van der Waals surface area contributed by atoms with Crippen molar-refractivity contribution in [3.63, 3.8) is 0 Å². The van der Waals surface area contributed by atoms with Crippen LogP contribution in [0.3, 0.4) is 0 Å². The first-order valence-corrected chi connectivity index (χ1v) is 5.41. The van der Waals surface area contributed by atoms with E-state index in [0.717, 1.165) is 13.0 Å². The number of rotatable bonds is 4. The van der Waals surface area contributed by atoms with Crippen LogP contribution >= 0.6 is 0 Å². The van der Waals surface area contributed by atoms with Crippen LogP contribution < -0.4 is 0 Å². The highest BCUT2D eigenvalue weighted by atomic mass is 16.5. The first-order chi connectivity index (χ1) is 6.90. The van der Waals surface area contributed by atoms with Crippen molar-refractivity contribution >= 4 is 5.97 Å². The molecule has 1 aliphatic heterocycles. The Bertz CT molecular complexity index is 244. The minimum atomic E-state index is -0.692. The summed E-state index contributed by atoms with van der Waals surface area (Å²) in [6, 6.07) is 0.274. The van der Waals surface area contributed by atoms with Crippen LogP contribution in [0.2, 0.25) is 0 Å². The third kappa shape index (κ3) is 2.49. The molecule has 0 aliphatic carbocycles. The molecule has 1 aliphatic rings. The summed E-state index contributed by atoms with van der Waals surface area (Å²) in [6.45, 7) is 7.39. The minimum Gasteiger partial charge on any atom is -0.481 e. The lowest BCUT2D eigenvalue weighted by Crippen LogP contribution is -2.41. The van der Waals surface area contributed by atoms with E-state index in [1.807, 2.05) is 13.8 Å². The summed E-state index contributed by atoms with van der Waals surface area (Å²) >= 11 is 0. The SMILES string of the molecule is COC(C)C(C)N1CCC(C)(C(=O)O)C1. The summed E-state index contributed by atoms with van der Waals surface area (Å²) in [4.78, 5) is 13.3. The standard InChI is InChI=1S/C11H21NO3/c1-8(9(2)15-4)12-6-5-11(3,7-12)10(13)14/h8-9H,5-7H2,1-4H3,(H,13,14). The van der Waals surface area contributed by atoms with Gasteiger partial charge in [-0.15, -0.1) is 0 Å². The Morgan fingerprint density at radius 3 is 2.53 bits per heavy atom. The Kier molecular flexibility index (Phi) is 3.73. The molecular formula is C11H21NO3. The Labute approximate surface area is 91.2 Å². The van der Waals surface area contributed by atoms with Gasteiger partial charge in [-0.2, -0.15) is 0 Å². The van der Waals surface area contributed by atoms with E-state index in [2.05, 4.69) is 11.8 Å². The third-order valence-electron chi connectivity index (χ3n) is 3.65. The smallest absolute Gasteiger partial charge is 0.310 e. The van der Waals surface area contributed by atoms with Crippen LogP contribution in [-0.4, -0.2) is 48.3 Å². The van der Waals surface area contributed by atoms with Crippen molar-refractivity contribution < 1.29 is 14.6 Å². The molecule has 1 fully saturated rings. The van der Waals surface area contributed by atoms with E-state index in [4.69, 9.17) is 9.84 Å². The van der Waals surface area contributed by atoms with E-state index < -0.39 is 11.4 Å². The molecule has 4 heteroatoms. The Hall–Kier alpha value is -0.610. The summed E-state index contributed by atoms with van der Waals surface area (Å²) in [5.74, 6) is -0.692. The zero-order chi connectivity index (χ0) is 11.6. The molecule has 4 nitrogen and oxygen atoms in total. The predicted octanol–water partition coefficient (Wildman–Crippen LogP) is 1.21. The van der Waals surface area contributed by atoms with Crippen molar-refractivity contribution in [2.45, 2.75) is 39.3 Å². The largest absolute Gasteiger partial charge is 0.481 e. The Morgan fingerprint density at radius 1 is 1.53 bits per heavy atom. The summed E-state index contributed by atoms with van der Waals surface area (Å²) in [5.41, 5.74) is -0.582. The van der Waals surface area contributed by atoms with Crippen molar-refractivity contribution in [1.82, 2.24) is 4.90 Å². The number of carboxylic acid groups (broad SMARTS) is 1. The van der Waals surface area contributed by atoms with Crippen molar-refractivity contribution in [1.29, 1.82) is 0 Å². The molecule has 3 unspecified atom stereocenters. The van der Waals surface area contributed by atoms with E-state index in [-0.39, 0.29) is 12.1 Å². The van der Waals surface area contributed by atoms with Gasteiger partial charge in [0, 0.05) is 19.7 Å². The van der Waals surface area contributed by atoms with Gasteiger partial charge in [0.2, 0.25) is 0 Å². The first kappa shape index (κ1) is 12.5. The van der Waals surface area contributed by atoms with E-state index in [0.29, 0.717) is 6.54 Å². The number of hydrogen-bond donors (Lipinski definition) is 1. The quantitative estimate of drug-likeness (QED) is 0.765. The van der Waals surface area contributed by atoms with E-state index in [1.165, 1.54) is 0 Å². The van der Waals surface area contributed by atoms with Gasteiger partial charge in [0.25, 0.3) is 0 Å². The fourth-order valence-electron chi connectivity index (χ4n) is 2.01. The zero-order valence-electron chi connectivity index (χ0n) is 9.99. The van der Waals surface area contributed by atoms with Crippen LogP contribution in [0.5, 0.6) is 0 Å². The van der Waals surface area contributed by atoms with Crippen molar-refractivity contribution in [3.05, 3.63) is 0 Å². The van der Waals surface area contributed by atoms with Crippen LogP contribution in [0.15, 0.2) is 0 Å². The molecule has 0 aromatic rings. The molecule has 0 saturated carbocycles. The van der Waals surface area contributed by atoms with E-state index in [1.54, 1.807) is 7.11 Å². The maximum Gasteiger partial charge on any atom is 0.310 e. The van der Waals surface area contributed by atoms with Crippen LogP contribution in [0.4, 0.5) is 0 Å². The molecule has 3 atom stereocenters. The fraction of sp³-hybridized carbons (Fsp3) is 0.909. The van der Waals surface area contributed by atoms with Crippen LogP contribution in [0.1, 0.15) is 27.2 Å². The van der Waals surface area contributed by atoms with Gasteiger partial charge in [-0.05, 0) is 33.7 Å². The fourth-order valence-corrected chi connectivity index (χ4v) is 2.01. The summed E-state index contributed by atoms with van der Waals surface area (Å²) in [7, 11) is 1.69. The summed E-state index contributed by atoms with van der Waals surface area (Å²) in [5, 5.41) is 9.11. The van der Waals surface area contributed by atoms with Gasteiger partial charge < -0.3 is 9.84 Å². The van der Waals surface area contributed by atoms with Gasteiger partial charge in [0.05, 0.1) is 11.5 Å². The zero-order valence-corrected chi connectivity index (χ0v) is 9.99. The molecule has 1 saturated heterocycles. The van der Waals surface area contributed by atoms with Crippen molar-refractivity contribution in [3.8, 4) is 0 Å². The highest BCUT2D eigenvalue weighted by Crippen LogP contribution is 2.31. The lowest BCUT2D eigenvalue weighted by Gasteiger charge is -2.29. The van der Waals surface area contributed by atoms with Gasteiger partial charge in [0.15, 0.2) is 0 Å². The molecule has 0 aromatic heterocycles. The summed E-state index contributed by atoms with van der Waals surface area (Å²) in [6.07, 6.45) is 0.865. The highest BCUT2D eigenvalue weighted by molar-refractivity contribution is 5.74. The molecule has 88 valence electrons. The molecular weight excluding hydrogens is 194 g/mol. The first-order valence-electron chi connectivity index (χ1n) is 5.41.